The summed E-state index contributed by atoms with van der Waals surface area (Å²) in [5, 5.41) is 3.77. The maximum Gasteiger partial charge on any atom is 0.272 e. The number of anilines is 2. The molecule has 0 unspecified atom stereocenters. The zero-order valence-corrected chi connectivity index (χ0v) is 14.0. The van der Waals surface area contributed by atoms with Gasteiger partial charge in [0.2, 0.25) is 0 Å². The molecule has 0 radical (unpaired) electrons. The van der Waals surface area contributed by atoms with Gasteiger partial charge < -0.3 is 16.0 Å². The Balaban J connectivity index is 1.93. The van der Waals surface area contributed by atoms with Crippen molar-refractivity contribution in [2.45, 2.75) is 0 Å². The van der Waals surface area contributed by atoms with E-state index < -0.39 is 0 Å². The Kier molecular flexibility index (Phi) is 3.73. The molecule has 0 fully saturated rings. The summed E-state index contributed by atoms with van der Waals surface area (Å²) in [5.74, 6) is -0.218. The topological polar surface area (TPSA) is 70.9 Å². The van der Waals surface area contributed by atoms with Crippen LogP contribution in [0.25, 0.3) is 10.9 Å². The van der Waals surface area contributed by atoms with Crippen molar-refractivity contribution in [2.75, 3.05) is 11.1 Å². The van der Waals surface area contributed by atoms with Crippen molar-refractivity contribution in [2.24, 2.45) is 0 Å². The van der Waals surface area contributed by atoms with Crippen molar-refractivity contribution >= 4 is 60.0 Å². The maximum atomic E-state index is 12.3. The van der Waals surface area contributed by atoms with Gasteiger partial charge in [0.25, 0.3) is 5.91 Å². The van der Waals surface area contributed by atoms with E-state index in [0.717, 1.165) is 19.8 Å². The summed E-state index contributed by atoms with van der Waals surface area (Å²) in [7, 11) is 0. The Morgan fingerprint density at radius 1 is 1.14 bits per heavy atom. The first-order valence-electron chi connectivity index (χ1n) is 6.18. The third-order valence-electron chi connectivity index (χ3n) is 3.11. The normalized spacial score (nSPS) is 10.8. The lowest BCUT2D eigenvalue weighted by Crippen LogP contribution is -2.12. The largest absolute Gasteiger partial charge is 0.397 e. The van der Waals surface area contributed by atoms with E-state index in [1.165, 1.54) is 0 Å². The molecule has 0 saturated carbocycles. The molecule has 21 heavy (non-hydrogen) atoms. The highest BCUT2D eigenvalue weighted by Gasteiger charge is 2.12. The van der Waals surface area contributed by atoms with Crippen LogP contribution in [0.2, 0.25) is 0 Å². The van der Waals surface area contributed by atoms with E-state index in [-0.39, 0.29) is 5.91 Å². The smallest absolute Gasteiger partial charge is 0.272 e. The number of H-pyrrole nitrogens is 1. The second kappa shape index (κ2) is 5.54. The number of hydrogen-bond donors (Lipinski definition) is 3. The number of hydrogen-bond acceptors (Lipinski definition) is 2. The first-order valence-corrected chi connectivity index (χ1v) is 7.77. The van der Waals surface area contributed by atoms with E-state index in [1.54, 1.807) is 12.1 Å². The second-order valence-electron chi connectivity index (χ2n) is 4.57. The molecule has 4 N–H and O–H groups in total. The van der Waals surface area contributed by atoms with Gasteiger partial charge in [0.15, 0.2) is 0 Å². The van der Waals surface area contributed by atoms with Crippen LogP contribution < -0.4 is 11.1 Å². The number of nitrogens with two attached hydrogens (primary N) is 1. The number of rotatable bonds is 2. The molecule has 0 saturated heterocycles. The van der Waals surface area contributed by atoms with Crippen LogP contribution in [0.1, 0.15) is 10.5 Å². The summed E-state index contributed by atoms with van der Waals surface area (Å²) in [4.78, 5) is 15.4. The molecule has 0 aliphatic rings. The van der Waals surface area contributed by atoms with Gasteiger partial charge in [-0.15, -0.1) is 0 Å². The van der Waals surface area contributed by atoms with Crippen LogP contribution in [-0.4, -0.2) is 10.9 Å². The van der Waals surface area contributed by atoms with Gasteiger partial charge in [-0.2, -0.15) is 0 Å². The Morgan fingerprint density at radius 2 is 1.95 bits per heavy atom. The second-order valence-corrected chi connectivity index (χ2v) is 6.34. The molecule has 4 nitrogen and oxygen atoms in total. The number of para-hydroxylation sites is 1. The highest BCUT2D eigenvalue weighted by atomic mass is 79.9. The Morgan fingerprint density at radius 3 is 2.71 bits per heavy atom. The Bertz CT molecular complexity index is 842. The molecule has 0 atom stereocenters. The van der Waals surface area contributed by atoms with Gasteiger partial charge in [0.1, 0.15) is 5.69 Å². The molecule has 1 aromatic heterocycles. The Hall–Kier alpha value is -1.79. The standard InChI is InChI=1S/C15H11Br2N3O/c16-9-4-5-10(17)12(7-9)20-15(21)13-6-8-2-1-3-11(18)14(8)19-13/h1-7,19H,18H2,(H,20,21). The average molecular weight is 409 g/mol. The van der Waals surface area contributed by atoms with E-state index in [1.807, 2.05) is 30.3 Å². The van der Waals surface area contributed by atoms with Crippen molar-refractivity contribution in [1.29, 1.82) is 0 Å². The van der Waals surface area contributed by atoms with E-state index in [0.29, 0.717) is 17.1 Å². The first kappa shape index (κ1) is 14.2. The average Bonchev–Trinajstić information content (AvgIpc) is 2.88. The first-order chi connectivity index (χ1) is 10.0. The number of nitrogens with one attached hydrogen (secondary N) is 2. The molecular weight excluding hydrogens is 398 g/mol. The zero-order valence-electron chi connectivity index (χ0n) is 10.8. The number of halogens is 2. The fourth-order valence-corrected chi connectivity index (χ4v) is 2.79. The quantitative estimate of drug-likeness (QED) is 0.545. The molecule has 0 spiro atoms. The van der Waals surface area contributed by atoms with Crippen molar-refractivity contribution in [3.8, 4) is 0 Å². The number of aromatic amines is 1. The third-order valence-corrected chi connectivity index (χ3v) is 4.29. The van der Waals surface area contributed by atoms with E-state index in [9.17, 15) is 4.79 Å². The fourth-order valence-electron chi connectivity index (χ4n) is 2.08. The van der Waals surface area contributed by atoms with Crippen molar-refractivity contribution in [1.82, 2.24) is 4.98 Å². The molecule has 1 heterocycles. The molecule has 0 aliphatic heterocycles. The summed E-state index contributed by atoms with van der Waals surface area (Å²) in [5.41, 5.74) is 8.45. The lowest BCUT2D eigenvalue weighted by Gasteiger charge is -2.06. The number of benzene rings is 2. The molecule has 106 valence electrons. The number of nitrogen functional groups attached to an aromatic ring is 1. The minimum Gasteiger partial charge on any atom is -0.397 e. The Labute approximate surface area is 138 Å². The van der Waals surface area contributed by atoms with Gasteiger partial charge in [0, 0.05) is 14.3 Å². The van der Waals surface area contributed by atoms with Gasteiger partial charge in [-0.3, -0.25) is 4.79 Å². The predicted molar refractivity (Wildman–Crippen MR) is 92.5 cm³/mol. The molecule has 0 bridgehead atoms. The molecule has 3 aromatic rings. The summed E-state index contributed by atoms with van der Waals surface area (Å²) in [6.07, 6.45) is 0. The predicted octanol–water partition coefficient (Wildman–Crippen LogP) is 4.53. The van der Waals surface area contributed by atoms with E-state index in [2.05, 4.69) is 42.2 Å². The lowest BCUT2D eigenvalue weighted by atomic mass is 10.2. The van der Waals surface area contributed by atoms with Crippen LogP contribution in [0.3, 0.4) is 0 Å². The minimum absolute atomic E-state index is 0.218. The summed E-state index contributed by atoms with van der Waals surface area (Å²) < 4.78 is 1.71. The summed E-state index contributed by atoms with van der Waals surface area (Å²) in [6, 6.07) is 12.9. The number of carbonyl (C=O) groups is 1. The van der Waals surface area contributed by atoms with Gasteiger partial charge in [-0.1, -0.05) is 28.1 Å². The van der Waals surface area contributed by atoms with E-state index in [4.69, 9.17) is 5.73 Å². The summed E-state index contributed by atoms with van der Waals surface area (Å²) >= 11 is 6.80. The van der Waals surface area contributed by atoms with Gasteiger partial charge in [-0.25, -0.2) is 0 Å². The van der Waals surface area contributed by atoms with Crippen molar-refractivity contribution in [3.63, 3.8) is 0 Å². The molecular formula is C15H11Br2N3O. The monoisotopic (exact) mass is 407 g/mol. The highest BCUT2D eigenvalue weighted by Crippen LogP contribution is 2.27. The fraction of sp³-hybridized carbons (Fsp3) is 0. The number of fused-ring (bicyclic) bond motifs is 1. The molecule has 6 heteroatoms. The minimum atomic E-state index is -0.218. The van der Waals surface area contributed by atoms with E-state index >= 15 is 0 Å². The van der Waals surface area contributed by atoms with Gasteiger partial charge in [-0.05, 0) is 46.3 Å². The SMILES string of the molecule is Nc1cccc2cc(C(=O)Nc3cc(Br)ccc3Br)[nH]c12. The van der Waals surface area contributed by atoms with Crippen LogP contribution in [0.4, 0.5) is 11.4 Å². The number of aromatic nitrogens is 1. The molecule has 0 aliphatic carbocycles. The number of amides is 1. The maximum absolute atomic E-state index is 12.3. The van der Waals surface area contributed by atoms with Crippen LogP contribution in [0.5, 0.6) is 0 Å². The summed E-state index contributed by atoms with van der Waals surface area (Å²) in [6.45, 7) is 0. The van der Waals surface area contributed by atoms with Gasteiger partial charge >= 0.3 is 0 Å². The molecule has 3 rings (SSSR count). The van der Waals surface area contributed by atoms with Gasteiger partial charge in [0.05, 0.1) is 16.9 Å². The van der Waals surface area contributed by atoms with Crippen LogP contribution >= 0.6 is 31.9 Å². The van der Waals surface area contributed by atoms with Crippen LogP contribution in [0, 0.1) is 0 Å². The third kappa shape index (κ3) is 2.82. The highest BCUT2D eigenvalue weighted by molar-refractivity contribution is 9.11. The lowest BCUT2D eigenvalue weighted by molar-refractivity contribution is 0.102. The van der Waals surface area contributed by atoms with Crippen LogP contribution in [-0.2, 0) is 0 Å². The zero-order chi connectivity index (χ0) is 15.0. The van der Waals surface area contributed by atoms with Crippen molar-refractivity contribution in [3.05, 3.63) is 57.1 Å². The van der Waals surface area contributed by atoms with Crippen LogP contribution in [0.15, 0.2) is 51.4 Å². The molecule has 2 aromatic carbocycles. The van der Waals surface area contributed by atoms with Crippen molar-refractivity contribution < 1.29 is 4.79 Å². The molecule has 1 amide bonds. The number of carbonyl (C=O) groups excluding carboxylic acids is 1.